The van der Waals surface area contributed by atoms with Crippen LogP contribution in [0.5, 0.6) is 0 Å². The van der Waals surface area contributed by atoms with Gasteiger partial charge in [-0.3, -0.25) is 9.58 Å². The Morgan fingerprint density at radius 1 is 0.976 bits per heavy atom. The maximum Gasteiger partial charge on any atom is 0.433 e. The minimum atomic E-state index is -4.90. The minimum absolute atomic E-state index is 0.144. The molecule has 4 heterocycles. The number of nitrogens with zero attached hydrogens (tertiary/aromatic N) is 6. The van der Waals surface area contributed by atoms with E-state index in [1.165, 1.54) is 4.90 Å². The standard InChI is InChI=1S/C27H27ClF6N6O2/c28-18-4-5-20(17-3-6-23(35-13-17)38-10-8-37(9-11-38)16-26(29,30)31)22(12-18)39-7-1-2-19(15-39)40-24(27(32,33)34)21(14-36-40)25(41)42/h3-6,12-14,19H,1-2,7-11,15-16H2,(H,41,42). The molecule has 0 saturated carbocycles. The third-order valence-electron chi connectivity index (χ3n) is 7.50. The third-order valence-corrected chi connectivity index (χ3v) is 7.73. The van der Waals surface area contributed by atoms with Gasteiger partial charge in [0.25, 0.3) is 0 Å². The molecule has 2 aliphatic rings. The number of hydrogen-bond acceptors (Lipinski definition) is 6. The molecule has 1 atom stereocenters. The number of piperazine rings is 1. The quantitative estimate of drug-likeness (QED) is 0.349. The van der Waals surface area contributed by atoms with Gasteiger partial charge in [0.15, 0.2) is 5.69 Å². The number of anilines is 2. The van der Waals surface area contributed by atoms with E-state index in [9.17, 15) is 36.2 Å². The number of pyridine rings is 1. The van der Waals surface area contributed by atoms with Crippen LogP contribution in [0.3, 0.4) is 0 Å². The van der Waals surface area contributed by atoms with Crippen LogP contribution in [0.15, 0.2) is 42.7 Å². The lowest BCUT2D eigenvalue weighted by Gasteiger charge is -2.36. The van der Waals surface area contributed by atoms with Crippen molar-refractivity contribution in [1.82, 2.24) is 19.7 Å². The summed E-state index contributed by atoms with van der Waals surface area (Å²) in [7, 11) is 0. The number of aromatic nitrogens is 3. The van der Waals surface area contributed by atoms with Crippen LogP contribution in [0.4, 0.5) is 37.8 Å². The number of halogens is 7. The van der Waals surface area contributed by atoms with Crippen molar-refractivity contribution in [2.24, 2.45) is 0 Å². The van der Waals surface area contributed by atoms with Gasteiger partial charge in [-0.05, 0) is 37.1 Å². The van der Waals surface area contributed by atoms with E-state index in [1.807, 2.05) is 15.9 Å². The predicted octanol–water partition coefficient (Wildman–Crippen LogP) is 5.84. The summed E-state index contributed by atoms with van der Waals surface area (Å²) in [6, 6.07) is 8.12. The second kappa shape index (κ2) is 11.6. The predicted molar refractivity (Wildman–Crippen MR) is 144 cm³/mol. The first kappa shape index (κ1) is 30.0. The molecule has 1 N–H and O–H groups in total. The SMILES string of the molecule is O=C(O)c1cnn(C2CCCN(c3cc(Cl)ccc3-c3ccc(N4CCN(CC(F)(F)F)CC4)nc3)C2)c1C(F)(F)F. The Kier molecular flexibility index (Phi) is 8.30. The molecule has 226 valence electrons. The smallest absolute Gasteiger partial charge is 0.433 e. The average molecular weight is 617 g/mol. The highest BCUT2D eigenvalue weighted by Crippen LogP contribution is 2.39. The molecule has 42 heavy (non-hydrogen) atoms. The summed E-state index contributed by atoms with van der Waals surface area (Å²) in [6.45, 7) is 1.07. The number of aromatic carboxylic acids is 1. The van der Waals surface area contributed by atoms with Crippen LogP contribution in [0, 0.1) is 0 Å². The number of rotatable bonds is 6. The molecule has 3 aromatic rings. The molecule has 0 aliphatic carbocycles. The molecule has 1 aromatic carbocycles. The van der Waals surface area contributed by atoms with Crippen LogP contribution >= 0.6 is 11.6 Å². The average Bonchev–Trinajstić information content (AvgIpc) is 3.40. The zero-order chi connectivity index (χ0) is 30.2. The highest BCUT2D eigenvalue weighted by Gasteiger charge is 2.42. The third kappa shape index (κ3) is 6.59. The van der Waals surface area contributed by atoms with Crippen LogP contribution in [-0.4, -0.2) is 82.7 Å². The van der Waals surface area contributed by atoms with Gasteiger partial charge in [0, 0.05) is 67.3 Å². The van der Waals surface area contributed by atoms with Gasteiger partial charge in [-0.2, -0.15) is 31.4 Å². The van der Waals surface area contributed by atoms with E-state index in [-0.39, 0.29) is 19.6 Å². The van der Waals surface area contributed by atoms with Crippen molar-refractivity contribution in [3.05, 3.63) is 59.0 Å². The molecule has 2 fully saturated rings. The summed E-state index contributed by atoms with van der Waals surface area (Å²) < 4.78 is 80.5. The van der Waals surface area contributed by atoms with Gasteiger partial charge >= 0.3 is 18.3 Å². The van der Waals surface area contributed by atoms with Crippen LogP contribution in [-0.2, 0) is 6.18 Å². The Balaban J connectivity index is 1.36. The maximum atomic E-state index is 13.9. The maximum absolute atomic E-state index is 13.9. The monoisotopic (exact) mass is 616 g/mol. The van der Waals surface area contributed by atoms with E-state index >= 15 is 0 Å². The van der Waals surface area contributed by atoms with Crippen molar-refractivity contribution in [2.75, 3.05) is 55.6 Å². The van der Waals surface area contributed by atoms with Gasteiger partial charge in [-0.15, -0.1) is 0 Å². The number of carboxylic acids is 1. The first-order chi connectivity index (χ1) is 19.8. The summed E-state index contributed by atoms with van der Waals surface area (Å²) in [5.74, 6) is -1.07. The molecule has 0 amide bonds. The van der Waals surface area contributed by atoms with Gasteiger partial charge in [0.2, 0.25) is 0 Å². The molecule has 0 spiro atoms. The Hall–Kier alpha value is -3.52. The van der Waals surface area contributed by atoms with Crippen molar-refractivity contribution in [2.45, 2.75) is 31.2 Å². The fourth-order valence-electron chi connectivity index (χ4n) is 5.58. The highest BCUT2D eigenvalue weighted by molar-refractivity contribution is 6.31. The largest absolute Gasteiger partial charge is 0.478 e. The minimum Gasteiger partial charge on any atom is -0.478 e. The van der Waals surface area contributed by atoms with E-state index in [0.29, 0.717) is 49.0 Å². The van der Waals surface area contributed by atoms with Gasteiger partial charge in [-0.25, -0.2) is 9.78 Å². The summed E-state index contributed by atoms with van der Waals surface area (Å²) in [4.78, 5) is 21.2. The molecule has 2 aliphatic heterocycles. The van der Waals surface area contributed by atoms with E-state index in [2.05, 4.69) is 10.1 Å². The Labute approximate surface area is 242 Å². The molecular formula is C27H27ClF6N6O2. The molecule has 2 saturated heterocycles. The molecule has 2 aromatic heterocycles. The lowest BCUT2D eigenvalue weighted by atomic mass is 10.00. The summed E-state index contributed by atoms with van der Waals surface area (Å²) in [5.41, 5.74) is -0.0202. The van der Waals surface area contributed by atoms with Crippen LogP contribution in [0.1, 0.15) is 34.9 Å². The number of carboxylic acid groups (broad SMARTS) is 1. The molecule has 8 nitrogen and oxygen atoms in total. The summed E-state index contributed by atoms with van der Waals surface area (Å²) in [6.07, 6.45) is -5.84. The Morgan fingerprint density at radius 3 is 2.33 bits per heavy atom. The van der Waals surface area contributed by atoms with Crippen LogP contribution in [0.2, 0.25) is 5.02 Å². The van der Waals surface area contributed by atoms with Gasteiger partial charge in [0.05, 0.1) is 18.8 Å². The zero-order valence-electron chi connectivity index (χ0n) is 22.2. The molecule has 0 radical (unpaired) electrons. The molecule has 1 unspecified atom stereocenters. The lowest BCUT2D eigenvalue weighted by Crippen LogP contribution is -2.49. The fourth-order valence-corrected chi connectivity index (χ4v) is 5.75. The van der Waals surface area contributed by atoms with Crippen molar-refractivity contribution < 1.29 is 36.2 Å². The molecule has 5 rings (SSSR count). The number of hydrogen-bond donors (Lipinski definition) is 1. The molecular weight excluding hydrogens is 590 g/mol. The van der Waals surface area contributed by atoms with Crippen LogP contribution in [0.25, 0.3) is 11.1 Å². The van der Waals surface area contributed by atoms with E-state index in [0.717, 1.165) is 22.0 Å². The second-order valence-electron chi connectivity index (χ2n) is 10.3. The summed E-state index contributed by atoms with van der Waals surface area (Å²) in [5, 5.41) is 13.5. The van der Waals surface area contributed by atoms with E-state index in [4.69, 9.17) is 11.6 Å². The van der Waals surface area contributed by atoms with Gasteiger partial charge in [-0.1, -0.05) is 17.7 Å². The van der Waals surface area contributed by atoms with Crippen molar-refractivity contribution in [3.8, 4) is 11.1 Å². The van der Waals surface area contributed by atoms with Crippen LogP contribution < -0.4 is 9.80 Å². The Bertz CT molecular complexity index is 1420. The van der Waals surface area contributed by atoms with Gasteiger partial charge < -0.3 is 14.9 Å². The van der Waals surface area contributed by atoms with Gasteiger partial charge in [0.1, 0.15) is 11.4 Å². The highest BCUT2D eigenvalue weighted by atomic mass is 35.5. The fraction of sp³-hybridized carbons (Fsp3) is 0.444. The van der Waals surface area contributed by atoms with E-state index in [1.54, 1.807) is 30.5 Å². The first-order valence-electron chi connectivity index (χ1n) is 13.2. The van der Waals surface area contributed by atoms with Crippen molar-refractivity contribution >= 4 is 29.1 Å². The van der Waals surface area contributed by atoms with E-state index < -0.39 is 42.2 Å². The van der Waals surface area contributed by atoms with Crippen molar-refractivity contribution in [1.29, 1.82) is 0 Å². The lowest BCUT2D eigenvalue weighted by molar-refractivity contribution is -0.146. The normalized spacial score (nSPS) is 18.9. The van der Waals surface area contributed by atoms with Crippen molar-refractivity contribution in [3.63, 3.8) is 0 Å². The zero-order valence-corrected chi connectivity index (χ0v) is 22.9. The number of piperidine rings is 1. The second-order valence-corrected chi connectivity index (χ2v) is 10.8. The Morgan fingerprint density at radius 2 is 1.71 bits per heavy atom. The first-order valence-corrected chi connectivity index (χ1v) is 13.6. The topological polar surface area (TPSA) is 77.7 Å². The number of alkyl halides is 6. The number of benzene rings is 1. The number of carbonyl (C=O) groups is 1. The molecule has 0 bridgehead atoms. The summed E-state index contributed by atoms with van der Waals surface area (Å²) >= 11 is 6.32. The molecule has 15 heteroatoms.